The molecule has 1 heterocycles. The number of aromatic nitrogens is 2. The molecule has 0 aliphatic rings. The minimum absolute atomic E-state index is 0.0189. The Morgan fingerprint density at radius 2 is 1.64 bits per heavy atom. The van der Waals surface area contributed by atoms with Crippen LogP contribution in [-0.2, 0) is 0 Å². The van der Waals surface area contributed by atoms with Crippen molar-refractivity contribution < 1.29 is 9.84 Å². The Morgan fingerprint density at radius 3 is 2.29 bits per heavy atom. The summed E-state index contributed by atoms with van der Waals surface area (Å²) in [6, 6.07) is 9.43. The zero-order valence-electron chi connectivity index (χ0n) is 7.29. The molecule has 0 saturated heterocycles. The van der Waals surface area contributed by atoms with Crippen LogP contribution in [0.2, 0.25) is 0 Å². The molecule has 0 unspecified atom stereocenters. The maximum absolute atomic E-state index is 8.94. The van der Waals surface area contributed by atoms with Gasteiger partial charge in [0.25, 0.3) is 0 Å². The van der Waals surface area contributed by atoms with E-state index in [0.29, 0.717) is 5.75 Å². The van der Waals surface area contributed by atoms with Gasteiger partial charge in [0, 0.05) is 0 Å². The summed E-state index contributed by atoms with van der Waals surface area (Å²) in [7, 11) is 0. The van der Waals surface area contributed by atoms with E-state index in [2.05, 4.69) is 9.97 Å². The number of aromatic hydroxyl groups is 1. The molecule has 1 aromatic heterocycles. The summed E-state index contributed by atoms with van der Waals surface area (Å²) in [5.74, 6) is 0.684. The molecule has 70 valence electrons. The van der Waals surface area contributed by atoms with Crippen LogP contribution in [0.1, 0.15) is 0 Å². The Kier molecular flexibility index (Phi) is 2.27. The third kappa shape index (κ3) is 1.98. The molecule has 4 heteroatoms. The van der Waals surface area contributed by atoms with Crippen LogP contribution in [0, 0.1) is 0 Å². The van der Waals surface area contributed by atoms with Gasteiger partial charge in [0.2, 0.25) is 0 Å². The van der Waals surface area contributed by atoms with Crippen molar-refractivity contribution in [3.63, 3.8) is 0 Å². The second-order valence-corrected chi connectivity index (χ2v) is 2.64. The number of benzene rings is 1. The quantitative estimate of drug-likeness (QED) is 0.782. The number of ether oxygens (including phenoxy) is 1. The number of nitrogens with zero attached hydrogens (tertiary/aromatic N) is 2. The molecule has 14 heavy (non-hydrogen) atoms. The van der Waals surface area contributed by atoms with Crippen molar-refractivity contribution in [3.05, 3.63) is 42.7 Å². The summed E-state index contributed by atoms with van der Waals surface area (Å²) >= 11 is 0. The lowest BCUT2D eigenvalue weighted by Gasteiger charge is -2.01. The largest absolute Gasteiger partial charge is 0.505 e. The smallest absolute Gasteiger partial charge is 0.322 e. The number of hydrogen-bond donors (Lipinski definition) is 1. The first-order chi connectivity index (χ1) is 6.84. The maximum Gasteiger partial charge on any atom is 0.322 e. The molecule has 1 N–H and O–H groups in total. The van der Waals surface area contributed by atoms with Crippen LogP contribution in [0.25, 0.3) is 0 Å². The van der Waals surface area contributed by atoms with Crippen molar-refractivity contribution in [2.45, 2.75) is 0 Å². The maximum atomic E-state index is 8.94. The third-order valence-electron chi connectivity index (χ3n) is 1.57. The van der Waals surface area contributed by atoms with Crippen LogP contribution >= 0.6 is 0 Å². The number of rotatable bonds is 2. The summed E-state index contributed by atoms with van der Waals surface area (Å²) in [5.41, 5.74) is 0. The number of hydrogen-bond acceptors (Lipinski definition) is 4. The molecule has 0 radical (unpaired) electrons. The summed E-state index contributed by atoms with van der Waals surface area (Å²) in [6.45, 7) is 0. The van der Waals surface area contributed by atoms with Crippen LogP contribution in [0.3, 0.4) is 0 Å². The van der Waals surface area contributed by atoms with E-state index < -0.39 is 0 Å². The Hall–Kier alpha value is -2.10. The first-order valence-corrected chi connectivity index (χ1v) is 4.08. The van der Waals surface area contributed by atoms with Gasteiger partial charge >= 0.3 is 6.01 Å². The zero-order chi connectivity index (χ0) is 9.80. The molecule has 0 aliphatic carbocycles. The molecule has 0 aliphatic heterocycles. The molecule has 0 saturated carbocycles. The van der Waals surface area contributed by atoms with E-state index in [0.717, 1.165) is 0 Å². The van der Waals surface area contributed by atoms with Crippen LogP contribution in [0.15, 0.2) is 42.7 Å². The number of para-hydroxylation sites is 1. The van der Waals surface area contributed by atoms with E-state index in [1.807, 2.05) is 18.2 Å². The molecular weight excluding hydrogens is 180 g/mol. The van der Waals surface area contributed by atoms with Gasteiger partial charge in [-0.2, -0.15) is 9.97 Å². The van der Waals surface area contributed by atoms with Gasteiger partial charge in [0.1, 0.15) is 5.75 Å². The minimum atomic E-state index is 0.0189. The highest BCUT2D eigenvalue weighted by Crippen LogP contribution is 2.16. The molecule has 0 bridgehead atoms. The Bertz CT molecular complexity index is 400. The SMILES string of the molecule is Oc1cnc(Oc2ccccc2)nc1. The lowest BCUT2D eigenvalue weighted by atomic mass is 10.3. The van der Waals surface area contributed by atoms with E-state index in [1.54, 1.807) is 12.1 Å². The monoisotopic (exact) mass is 188 g/mol. The lowest BCUT2D eigenvalue weighted by Crippen LogP contribution is -1.89. The normalized spacial score (nSPS) is 9.71. The van der Waals surface area contributed by atoms with Gasteiger partial charge in [0.15, 0.2) is 5.75 Å². The van der Waals surface area contributed by atoms with Gasteiger partial charge in [0.05, 0.1) is 12.4 Å². The summed E-state index contributed by atoms with van der Waals surface area (Å²) in [4.78, 5) is 7.58. The van der Waals surface area contributed by atoms with Crippen LogP contribution in [0.5, 0.6) is 17.5 Å². The highest BCUT2D eigenvalue weighted by molar-refractivity contribution is 5.24. The van der Waals surface area contributed by atoms with Gasteiger partial charge in [-0.25, -0.2) is 0 Å². The first kappa shape index (κ1) is 8.50. The summed E-state index contributed by atoms with van der Waals surface area (Å²) in [5, 5.41) is 8.94. The molecule has 0 atom stereocenters. The predicted octanol–water partition coefficient (Wildman–Crippen LogP) is 1.97. The zero-order valence-corrected chi connectivity index (χ0v) is 7.29. The Balaban J connectivity index is 2.16. The molecular formula is C10H8N2O2. The van der Waals surface area contributed by atoms with Crippen molar-refractivity contribution in [3.8, 4) is 17.5 Å². The van der Waals surface area contributed by atoms with Crippen molar-refractivity contribution in [2.24, 2.45) is 0 Å². The Morgan fingerprint density at radius 1 is 1.00 bits per heavy atom. The minimum Gasteiger partial charge on any atom is -0.505 e. The van der Waals surface area contributed by atoms with Crippen molar-refractivity contribution in [1.82, 2.24) is 9.97 Å². The molecule has 0 amide bonds. The van der Waals surface area contributed by atoms with Gasteiger partial charge in [-0.05, 0) is 12.1 Å². The van der Waals surface area contributed by atoms with Crippen molar-refractivity contribution in [1.29, 1.82) is 0 Å². The molecule has 0 fully saturated rings. The highest BCUT2D eigenvalue weighted by atomic mass is 16.5. The predicted molar refractivity (Wildman–Crippen MR) is 50.2 cm³/mol. The van der Waals surface area contributed by atoms with E-state index in [4.69, 9.17) is 9.84 Å². The third-order valence-corrected chi connectivity index (χ3v) is 1.57. The standard InChI is InChI=1S/C10H8N2O2/c13-8-6-11-10(12-7-8)14-9-4-2-1-3-5-9/h1-7,13H. The van der Waals surface area contributed by atoms with E-state index in [-0.39, 0.29) is 11.8 Å². The van der Waals surface area contributed by atoms with Crippen LogP contribution in [0.4, 0.5) is 0 Å². The fourth-order valence-electron chi connectivity index (χ4n) is 0.956. The molecule has 1 aromatic carbocycles. The highest BCUT2D eigenvalue weighted by Gasteiger charge is 1.98. The van der Waals surface area contributed by atoms with E-state index in [9.17, 15) is 0 Å². The molecule has 2 rings (SSSR count). The summed E-state index contributed by atoms with van der Waals surface area (Å²) in [6.07, 6.45) is 2.57. The molecule has 0 spiro atoms. The fraction of sp³-hybridized carbons (Fsp3) is 0. The Labute approximate surface area is 80.8 Å². The molecule has 2 aromatic rings. The fourth-order valence-corrected chi connectivity index (χ4v) is 0.956. The van der Waals surface area contributed by atoms with Gasteiger partial charge in [-0.15, -0.1) is 0 Å². The van der Waals surface area contributed by atoms with E-state index >= 15 is 0 Å². The lowest BCUT2D eigenvalue weighted by molar-refractivity contribution is 0.427. The van der Waals surface area contributed by atoms with Crippen LogP contribution < -0.4 is 4.74 Å². The second kappa shape index (κ2) is 3.74. The van der Waals surface area contributed by atoms with E-state index in [1.165, 1.54) is 12.4 Å². The molecule has 4 nitrogen and oxygen atoms in total. The van der Waals surface area contributed by atoms with Gasteiger partial charge in [-0.3, -0.25) is 0 Å². The van der Waals surface area contributed by atoms with Gasteiger partial charge < -0.3 is 9.84 Å². The van der Waals surface area contributed by atoms with Crippen molar-refractivity contribution >= 4 is 0 Å². The average Bonchev–Trinajstić information content (AvgIpc) is 2.23. The summed E-state index contributed by atoms with van der Waals surface area (Å²) < 4.78 is 5.30. The first-order valence-electron chi connectivity index (χ1n) is 4.08. The second-order valence-electron chi connectivity index (χ2n) is 2.64. The van der Waals surface area contributed by atoms with Crippen molar-refractivity contribution in [2.75, 3.05) is 0 Å². The average molecular weight is 188 g/mol. The topological polar surface area (TPSA) is 55.2 Å². The van der Waals surface area contributed by atoms with Gasteiger partial charge in [-0.1, -0.05) is 18.2 Å². The van der Waals surface area contributed by atoms with Crippen LogP contribution in [-0.4, -0.2) is 15.1 Å².